The lowest BCUT2D eigenvalue weighted by molar-refractivity contribution is 1.44. The first-order valence-corrected chi connectivity index (χ1v) is 4.96. The minimum Gasteiger partial charge on any atom is -0.224 e. The summed E-state index contributed by atoms with van der Waals surface area (Å²) in [6, 6.07) is 3.89. The van der Waals surface area contributed by atoms with E-state index in [1.807, 2.05) is 13.0 Å². The van der Waals surface area contributed by atoms with Gasteiger partial charge in [0, 0.05) is 10.3 Å². The fourth-order valence-electron chi connectivity index (χ4n) is 1.05. The summed E-state index contributed by atoms with van der Waals surface area (Å²) in [6.45, 7) is 2.04. The highest BCUT2D eigenvalue weighted by Crippen LogP contribution is 2.29. The van der Waals surface area contributed by atoms with E-state index in [4.69, 9.17) is 23.2 Å². The second-order valence-corrected chi connectivity index (χ2v) is 4.51. The van der Waals surface area contributed by atoms with Crippen molar-refractivity contribution in [2.45, 2.75) is 6.92 Å². The molecule has 0 aromatic carbocycles. The van der Waals surface area contributed by atoms with Gasteiger partial charge in [0.15, 0.2) is 0 Å². The van der Waals surface area contributed by atoms with Crippen LogP contribution in [0.5, 0.6) is 0 Å². The molecular formula is C8H5Cl2NS. The molecule has 0 spiro atoms. The quantitative estimate of drug-likeness (QED) is 0.611. The van der Waals surface area contributed by atoms with Gasteiger partial charge in [0.2, 0.25) is 0 Å². The summed E-state index contributed by atoms with van der Waals surface area (Å²) in [4.78, 5) is 6.31. The van der Waals surface area contributed by atoms with Crippen LogP contribution in [0.15, 0.2) is 12.1 Å². The van der Waals surface area contributed by atoms with Crippen molar-refractivity contribution in [2.24, 2.45) is 0 Å². The minimum absolute atomic E-state index is 0.381. The molecule has 0 radical (unpaired) electrons. The Morgan fingerprint density at radius 2 is 2.08 bits per heavy atom. The second-order valence-electron chi connectivity index (χ2n) is 2.51. The number of rotatable bonds is 0. The lowest BCUT2D eigenvalue weighted by Gasteiger charge is -1.92. The number of thiophene rings is 1. The first-order valence-electron chi connectivity index (χ1n) is 3.39. The molecular weight excluding hydrogens is 213 g/mol. The first kappa shape index (κ1) is 8.30. The van der Waals surface area contributed by atoms with Crippen molar-refractivity contribution in [1.29, 1.82) is 0 Å². The molecule has 0 atom stereocenters. The monoisotopic (exact) mass is 217 g/mol. The maximum absolute atomic E-state index is 5.81. The summed E-state index contributed by atoms with van der Waals surface area (Å²) < 4.78 is 0. The minimum atomic E-state index is 0.381. The van der Waals surface area contributed by atoms with E-state index in [-0.39, 0.29) is 0 Å². The number of aromatic nitrogens is 1. The average Bonchev–Trinajstić information content (AvgIpc) is 2.30. The molecule has 0 unspecified atom stereocenters. The predicted molar refractivity (Wildman–Crippen MR) is 54.4 cm³/mol. The molecule has 2 rings (SSSR count). The van der Waals surface area contributed by atoms with Crippen molar-refractivity contribution < 1.29 is 0 Å². The van der Waals surface area contributed by atoms with Gasteiger partial charge in [0.1, 0.15) is 9.98 Å². The van der Waals surface area contributed by atoms with Crippen LogP contribution in [0.4, 0.5) is 0 Å². The van der Waals surface area contributed by atoms with E-state index in [1.54, 1.807) is 11.3 Å². The zero-order valence-electron chi connectivity index (χ0n) is 6.27. The highest BCUT2D eigenvalue weighted by molar-refractivity contribution is 7.18. The van der Waals surface area contributed by atoms with Crippen molar-refractivity contribution in [2.75, 3.05) is 0 Å². The van der Waals surface area contributed by atoms with Crippen LogP contribution in [0.1, 0.15) is 4.88 Å². The van der Waals surface area contributed by atoms with Crippen LogP contribution in [0.25, 0.3) is 10.2 Å². The zero-order chi connectivity index (χ0) is 8.72. The Bertz CT molecular complexity index is 397. The van der Waals surface area contributed by atoms with Crippen LogP contribution in [-0.2, 0) is 0 Å². The molecule has 0 aliphatic heterocycles. The predicted octanol–water partition coefficient (Wildman–Crippen LogP) is 3.91. The third kappa shape index (κ3) is 1.30. The number of halogens is 2. The highest BCUT2D eigenvalue weighted by Gasteiger charge is 2.04. The fraction of sp³-hybridized carbons (Fsp3) is 0.125. The summed E-state index contributed by atoms with van der Waals surface area (Å²) in [7, 11) is 0. The average molecular weight is 218 g/mol. The molecule has 2 aromatic rings. The molecule has 0 saturated carbocycles. The summed E-state index contributed by atoms with van der Waals surface area (Å²) in [6.07, 6.45) is 0. The highest BCUT2D eigenvalue weighted by atomic mass is 35.5. The molecule has 0 aliphatic carbocycles. The summed E-state index contributed by atoms with van der Waals surface area (Å²) >= 11 is 13.2. The van der Waals surface area contributed by atoms with Crippen molar-refractivity contribution >= 4 is 44.8 Å². The topological polar surface area (TPSA) is 12.9 Å². The molecule has 0 aliphatic rings. The molecule has 0 N–H and O–H groups in total. The van der Waals surface area contributed by atoms with Gasteiger partial charge in [-0.2, -0.15) is 0 Å². The third-order valence-corrected chi connectivity index (χ3v) is 3.18. The van der Waals surface area contributed by atoms with Crippen molar-refractivity contribution in [3.63, 3.8) is 0 Å². The van der Waals surface area contributed by atoms with Crippen molar-refractivity contribution in [3.05, 3.63) is 27.2 Å². The van der Waals surface area contributed by atoms with E-state index in [1.165, 1.54) is 4.88 Å². The van der Waals surface area contributed by atoms with Gasteiger partial charge in [0.25, 0.3) is 0 Å². The Kier molecular flexibility index (Phi) is 1.99. The van der Waals surface area contributed by atoms with Gasteiger partial charge in [0.05, 0.1) is 5.02 Å². The molecule has 0 amide bonds. The van der Waals surface area contributed by atoms with E-state index < -0.39 is 0 Å². The largest absolute Gasteiger partial charge is 0.224 e. The van der Waals surface area contributed by atoms with Gasteiger partial charge in [-0.3, -0.25) is 0 Å². The first-order chi connectivity index (χ1) is 5.66. The molecule has 0 bridgehead atoms. The molecule has 62 valence electrons. The van der Waals surface area contributed by atoms with Gasteiger partial charge >= 0.3 is 0 Å². The Labute approximate surface area is 83.9 Å². The van der Waals surface area contributed by atoms with E-state index in [0.717, 1.165) is 10.2 Å². The SMILES string of the molecule is Cc1cc2cc(Cl)c(Cl)nc2s1. The van der Waals surface area contributed by atoms with Crippen molar-refractivity contribution in [3.8, 4) is 0 Å². The number of pyridine rings is 1. The molecule has 1 nitrogen and oxygen atoms in total. The van der Waals surface area contributed by atoms with Gasteiger partial charge in [-0.05, 0) is 19.1 Å². The van der Waals surface area contributed by atoms with Crippen LogP contribution < -0.4 is 0 Å². The lowest BCUT2D eigenvalue weighted by atomic mass is 10.3. The third-order valence-electron chi connectivity index (χ3n) is 1.54. The van der Waals surface area contributed by atoms with E-state index in [2.05, 4.69) is 11.1 Å². The van der Waals surface area contributed by atoms with Gasteiger partial charge in [-0.25, -0.2) is 4.98 Å². The molecule has 0 fully saturated rings. The molecule has 12 heavy (non-hydrogen) atoms. The standard InChI is InChI=1S/C8H5Cl2NS/c1-4-2-5-3-6(9)7(10)11-8(5)12-4/h2-3H,1H3. The number of nitrogens with zero attached hydrogens (tertiary/aromatic N) is 1. The molecule has 0 saturated heterocycles. The Hall–Kier alpha value is -0.310. The summed E-state index contributed by atoms with van der Waals surface area (Å²) in [5, 5.41) is 1.96. The smallest absolute Gasteiger partial charge is 0.149 e. The normalized spacial score (nSPS) is 10.9. The number of aryl methyl sites for hydroxylation is 1. The van der Waals surface area contributed by atoms with Crippen LogP contribution >= 0.6 is 34.5 Å². The molecule has 2 aromatic heterocycles. The summed E-state index contributed by atoms with van der Waals surface area (Å²) in [5.74, 6) is 0. The molecule has 4 heteroatoms. The fourth-order valence-corrected chi connectivity index (χ4v) is 2.26. The van der Waals surface area contributed by atoms with Gasteiger partial charge in [-0.15, -0.1) is 11.3 Å². The van der Waals surface area contributed by atoms with E-state index in [0.29, 0.717) is 10.2 Å². The van der Waals surface area contributed by atoms with Crippen LogP contribution in [0, 0.1) is 6.92 Å². The van der Waals surface area contributed by atoms with Gasteiger partial charge < -0.3 is 0 Å². The summed E-state index contributed by atoms with van der Waals surface area (Å²) in [5.41, 5.74) is 0. The second kappa shape index (κ2) is 2.87. The zero-order valence-corrected chi connectivity index (χ0v) is 8.59. The number of hydrogen-bond donors (Lipinski definition) is 0. The van der Waals surface area contributed by atoms with Gasteiger partial charge in [-0.1, -0.05) is 23.2 Å². The van der Waals surface area contributed by atoms with Crippen LogP contribution in [-0.4, -0.2) is 4.98 Å². The van der Waals surface area contributed by atoms with E-state index in [9.17, 15) is 0 Å². The Morgan fingerprint density at radius 3 is 2.83 bits per heavy atom. The number of hydrogen-bond acceptors (Lipinski definition) is 2. The Balaban J connectivity index is 2.83. The number of fused-ring (bicyclic) bond motifs is 1. The molecule has 2 heterocycles. The van der Waals surface area contributed by atoms with Crippen LogP contribution in [0.3, 0.4) is 0 Å². The lowest BCUT2D eigenvalue weighted by Crippen LogP contribution is -1.74. The van der Waals surface area contributed by atoms with Crippen LogP contribution in [0.2, 0.25) is 10.2 Å². The maximum atomic E-state index is 5.81. The van der Waals surface area contributed by atoms with Crippen molar-refractivity contribution in [1.82, 2.24) is 4.98 Å². The Morgan fingerprint density at radius 1 is 1.33 bits per heavy atom. The maximum Gasteiger partial charge on any atom is 0.149 e. The van der Waals surface area contributed by atoms with E-state index >= 15 is 0 Å².